The standard InChI is InChI=1S/C16H22FNO/c1-19-16-11-12(17)7-10-15(16)18(14-8-9-14)13-5-3-2-4-6-13/h7,10-11,13-14H,2-6,8-9H2,1H3. The van der Waals surface area contributed by atoms with Crippen molar-refractivity contribution in [3.05, 3.63) is 24.0 Å². The number of hydrogen-bond acceptors (Lipinski definition) is 2. The van der Waals surface area contributed by atoms with Crippen molar-refractivity contribution in [1.82, 2.24) is 0 Å². The van der Waals surface area contributed by atoms with E-state index in [1.54, 1.807) is 13.2 Å². The molecule has 1 aromatic rings. The van der Waals surface area contributed by atoms with Crippen molar-refractivity contribution in [2.75, 3.05) is 12.0 Å². The topological polar surface area (TPSA) is 12.5 Å². The molecule has 0 unspecified atom stereocenters. The summed E-state index contributed by atoms with van der Waals surface area (Å²) in [5.74, 6) is 0.456. The van der Waals surface area contributed by atoms with Crippen LogP contribution in [0.1, 0.15) is 44.9 Å². The van der Waals surface area contributed by atoms with E-state index in [9.17, 15) is 4.39 Å². The molecular formula is C16H22FNO. The Kier molecular flexibility index (Phi) is 3.63. The quantitative estimate of drug-likeness (QED) is 0.809. The second-order valence-corrected chi connectivity index (χ2v) is 5.75. The van der Waals surface area contributed by atoms with E-state index >= 15 is 0 Å². The maximum atomic E-state index is 13.4. The number of nitrogens with zero attached hydrogens (tertiary/aromatic N) is 1. The van der Waals surface area contributed by atoms with Crippen molar-refractivity contribution in [2.45, 2.75) is 57.0 Å². The Bertz CT molecular complexity index is 438. The Hall–Kier alpha value is -1.25. The molecule has 2 fully saturated rings. The van der Waals surface area contributed by atoms with Crippen LogP contribution in [-0.2, 0) is 0 Å². The van der Waals surface area contributed by atoms with Gasteiger partial charge in [-0.15, -0.1) is 0 Å². The maximum Gasteiger partial charge on any atom is 0.145 e. The summed E-state index contributed by atoms with van der Waals surface area (Å²) in [5, 5.41) is 0. The first-order valence-corrected chi connectivity index (χ1v) is 7.41. The summed E-state index contributed by atoms with van der Waals surface area (Å²) in [7, 11) is 1.63. The highest BCUT2D eigenvalue weighted by Gasteiger charge is 2.36. The molecule has 2 aliphatic rings. The summed E-state index contributed by atoms with van der Waals surface area (Å²) in [6.45, 7) is 0. The van der Waals surface area contributed by atoms with E-state index < -0.39 is 0 Å². The first kappa shape index (κ1) is 12.8. The molecule has 0 amide bonds. The zero-order chi connectivity index (χ0) is 13.2. The van der Waals surface area contributed by atoms with Gasteiger partial charge < -0.3 is 9.64 Å². The van der Waals surface area contributed by atoms with Crippen molar-refractivity contribution >= 4 is 5.69 Å². The predicted octanol–water partition coefficient (Wildman–Crippen LogP) is 4.14. The van der Waals surface area contributed by atoms with Crippen molar-refractivity contribution in [3.63, 3.8) is 0 Å². The number of halogens is 1. The highest BCUT2D eigenvalue weighted by molar-refractivity contribution is 5.60. The van der Waals surface area contributed by atoms with Crippen LogP contribution in [-0.4, -0.2) is 19.2 Å². The first-order valence-electron chi connectivity index (χ1n) is 7.41. The summed E-state index contributed by atoms with van der Waals surface area (Å²) < 4.78 is 18.8. The summed E-state index contributed by atoms with van der Waals surface area (Å²) in [6.07, 6.45) is 9.03. The second-order valence-electron chi connectivity index (χ2n) is 5.75. The molecule has 0 aliphatic heterocycles. The minimum absolute atomic E-state index is 0.222. The molecule has 0 heterocycles. The van der Waals surface area contributed by atoms with Gasteiger partial charge in [-0.3, -0.25) is 0 Å². The van der Waals surface area contributed by atoms with E-state index in [2.05, 4.69) is 4.90 Å². The molecule has 104 valence electrons. The van der Waals surface area contributed by atoms with Crippen LogP contribution < -0.4 is 9.64 Å². The van der Waals surface area contributed by atoms with Gasteiger partial charge in [0.25, 0.3) is 0 Å². The van der Waals surface area contributed by atoms with Gasteiger partial charge in [0.2, 0.25) is 0 Å². The molecule has 2 saturated carbocycles. The molecule has 3 heteroatoms. The fourth-order valence-electron chi connectivity index (χ4n) is 3.27. The molecule has 2 aliphatic carbocycles. The molecule has 2 nitrogen and oxygen atoms in total. The lowest BCUT2D eigenvalue weighted by Crippen LogP contribution is -2.38. The minimum Gasteiger partial charge on any atom is -0.494 e. The third-order valence-corrected chi connectivity index (χ3v) is 4.33. The van der Waals surface area contributed by atoms with Crippen LogP contribution >= 0.6 is 0 Å². The van der Waals surface area contributed by atoms with Crippen LogP contribution in [0.4, 0.5) is 10.1 Å². The van der Waals surface area contributed by atoms with Gasteiger partial charge in [-0.2, -0.15) is 0 Å². The SMILES string of the molecule is COc1cc(F)ccc1N(C1CCCCC1)C1CC1. The number of ether oxygens (including phenoxy) is 1. The fourth-order valence-corrected chi connectivity index (χ4v) is 3.27. The third-order valence-electron chi connectivity index (χ3n) is 4.33. The van der Waals surface area contributed by atoms with Gasteiger partial charge in [-0.25, -0.2) is 4.39 Å². The zero-order valence-corrected chi connectivity index (χ0v) is 11.6. The van der Waals surface area contributed by atoms with Crippen LogP contribution in [0.3, 0.4) is 0 Å². The minimum atomic E-state index is -0.222. The zero-order valence-electron chi connectivity index (χ0n) is 11.6. The molecule has 0 saturated heterocycles. The highest BCUT2D eigenvalue weighted by atomic mass is 19.1. The lowest BCUT2D eigenvalue weighted by molar-refractivity contribution is 0.391. The van der Waals surface area contributed by atoms with E-state index in [0.29, 0.717) is 17.8 Å². The second kappa shape index (κ2) is 5.40. The molecular weight excluding hydrogens is 241 g/mol. The Morgan fingerprint density at radius 1 is 1.05 bits per heavy atom. The highest BCUT2D eigenvalue weighted by Crippen LogP contribution is 2.41. The maximum absolute atomic E-state index is 13.4. The summed E-state index contributed by atoms with van der Waals surface area (Å²) in [4.78, 5) is 2.51. The van der Waals surface area contributed by atoms with Gasteiger partial charge in [0.1, 0.15) is 11.6 Å². The molecule has 3 rings (SSSR count). The van der Waals surface area contributed by atoms with Gasteiger partial charge in [-0.1, -0.05) is 19.3 Å². The normalized spacial score (nSPS) is 20.3. The first-order chi connectivity index (χ1) is 9.29. The fraction of sp³-hybridized carbons (Fsp3) is 0.625. The Balaban J connectivity index is 1.90. The third kappa shape index (κ3) is 2.70. The number of anilines is 1. The van der Waals surface area contributed by atoms with Crippen molar-refractivity contribution < 1.29 is 9.13 Å². The Labute approximate surface area is 114 Å². The van der Waals surface area contributed by atoms with Crippen LogP contribution in [0.2, 0.25) is 0 Å². The van der Waals surface area contributed by atoms with E-state index in [0.717, 1.165) is 5.69 Å². The smallest absolute Gasteiger partial charge is 0.145 e. The predicted molar refractivity (Wildman–Crippen MR) is 75.3 cm³/mol. The van der Waals surface area contributed by atoms with Crippen LogP contribution in [0, 0.1) is 5.82 Å². The van der Waals surface area contributed by atoms with Gasteiger partial charge in [0.05, 0.1) is 12.8 Å². The van der Waals surface area contributed by atoms with Crippen LogP contribution in [0.25, 0.3) is 0 Å². The van der Waals surface area contributed by atoms with E-state index in [-0.39, 0.29) is 5.82 Å². The van der Waals surface area contributed by atoms with Crippen molar-refractivity contribution in [2.24, 2.45) is 0 Å². The molecule has 0 N–H and O–H groups in total. The van der Waals surface area contributed by atoms with Gasteiger partial charge in [-0.05, 0) is 37.8 Å². The van der Waals surface area contributed by atoms with Gasteiger partial charge in [0.15, 0.2) is 0 Å². The van der Waals surface area contributed by atoms with Crippen molar-refractivity contribution in [1.29, 1.82) is 0 Å². The number of methoxy groups -OCH3 is 1. The number of benzene rings is 1. The van der Waals surface area contributed by atoms with Crippen LogP contribution in [0.5, 0.6) is 5.75 Å². The van der Waals surface area contributed by atoms with E-state index in [4.69, 9.17) is 4.74 Å². The monoisotopic (exact) mass is 263 g/mol. The number of hydrogen-bond donors (Lipinski definition) is 0. The lowest BCUT2D eigenvalue weighted by atomic mass is 9.93. The molecule has 0 aromatic heterocycles. The average molecular weight is 263 g/mol. The molecule has 0 bridgehead atoms. The number of rotatable bonds is 4. The average Bonchev–Trinajstić information content (AvgIpc) is 3.26. The van der Waals surface area contributed by atoms with E-state index in [1.807, 2.05) is 6.07 Å². The van der Waals surface area contributed by atoms with Gasteiger partial charge >= 0.3 is 0 Å². The lowest BCUT2D eigenvalue weighted by Gasteiger charge is -2.37. The van der Waals surface area contributed by atoms with Crippen LogP contribution in [0.15, 0.2) is 18.2 Å². The largest absolute Gasteiger partial charge is 0.494 e. The molecule has 19 heavy (non-hydrogen) atoms. The van der Waals surface area contributed by atoms with E-state index in [1.165, 1.54) is 51.0 Å². The molecule has 0 spiro atoms. The molecule has 0 radical (unpaired) electrons. The molecule has 1 aromatic carbocycles. The summed E-state index contributed by atoms with van der Waals surface area (Å²) >= 11 is 0. The summed E-state index contributed by atoms with van der Waals surface area (Å²) in [6, 6.07) is 6.20. The molecule has 0 atom stereocenters. The Morgan fingerprint density at radius 2 is 1.74 bits per heavy atom. The summed E-state index contributed by atoms with van der Waals surface area (Å²) in [5.41, 5.74) is 1.08. The Morgan fingerprint density at radius 3 is 2.37 bits per heavy atom. The van der Waals surface area contributed by atoms with Crippen molar-refractivity contribution in [3.8, 4) is 5.75 Å². The van der Waals surface area contributed by atoms with Gasteiger partial charge in [0, 0.05) is 18.2 Å².